The Kier molecular flexibility index (Phi) is 9.38. The number of aliphatic hydroxyl groups is 1. The first kappa shape index (κ1) is 22.9. The summed E-state index contributed by atoms with van der Waals surface area (Å²) in [5.74, 6) is -0.554. The van der Waals surface area contributed by atoms with E-state index in [-0.39, 0.29) is 30.6 Å². The molecule has 3 rings (SSSR count). The molecule has 2 aromatic rings. The van der Waals surface area contributed by atoms with Gasteiger partial charge in [-0.15, -0.1) is 0 Å². The predicted octanol–water partition coefficient (Wildman–Crippen LogP) is -0.552. The lowest BCUT2D eigenvalue weighted by molar-refractivity contribution is -0.125. The van der Waals surface area contributed by atoms with Crippen molar-refractivity contribution in [1.82, 2.24) is 30.8 Å². The normalized spacial score (nSPS) is 20.0. The van der Waals surface area contributed by atoms with E-state index in [1.807, 2.05) is 6.07 Å². The maximum Gasteiger partial charge on any atom is 0.290 e. The Balaban J connectivity index is 0.00000101. The van der Waals surface area contributed by atoms with E-state index in [0.29, 0.717) is 32.2 Å². The predicted molar refractivity (Wildman–Crippen MR) is 105 cm³/mol. The molecule has 0 radical (unpaired) electrons. The van der Waals surface area contributed by atoms with Crippen LogP contribution in [-0.2, 0) is 27.2 Å². The summed E-state index contributed by atoms with van der Waals surface area (Å²) in [5, 5.41) is 29.5. The second-order valence-corrected chi connectivity index (χ2v) is 6.83. The van der Waals surface area contributed by atoms with Crippen molar-refractivity contribution in [3.05, 3.63) is 42.2 Å². The average molecular weight is 418 g/mol. The van der Waals surface area contributed by atoms with Gasteiger partial charge in [-0.25, -0.2) is 0 Å². The zero-order valence-electron chi connectivity index (χ0n) is 16.4. The number of nitrogens with zero attached hydrogens (tertiary/aromatic N) is 3. The molecular weight excluding hydrogens is 392 g/mol. The van der Waals surface area contributed by atoms with Crippen molar-refractivity contribution in [2.24, 2.45) is 5.92 Å². The number of aliphatic hydroxyl groups excluding tert-OH is 1. The van der Waals surface area contributed by atoms with Crippen molar-refractivity contribution in [2.75, 3.05) is 6.54 Å². The summed E-state index contributed by atoms with van der Waals surface area (Å²) in [4.78, 5) is 40.9. The highest BCUT2D eigenvalue weighted by atomic mass is 16.3. The number of carbonyl (C=O) groups excluding carboxylic acids is 2. The van der Waals surface area contributed by atoms with Crippen LogP contribution in [0.25, 0.3) is 0 Å². The second-order valence-electron chi connectivity index (χ2n) is 6.83. The quantitative estimate of drug-likeness (QED) is 0.355. The Morgan fingerprint density at radius 3 is 2.70 bits per heavy atom. The van der Waals surface area contributed by atoms with Crippen LogP contribution in [0, 0.1) is 5.92 Å². The molecule has 0 aromatic carbocycles. The van der Waals surface area contributed by atoms with Gasteiger partial charge in [0.05, 0.1) is 17.8 Å². The van der Waals surface area contributed by atoms with Crippen molar-refractivity contribution in [3.8, 4) is 0 Å². The van der Waals surface area contributed by atoms with Crippen molar-refractivity contribution < 1.29 is 24.6 Å². The van der Waals surface area contributed by atoms with Gasteiger partial charge in [0.15, 0.2) is 0 Å². The Morgan fingerprint density at radius 2 is 2.03 bits per heavy atom. The lowest BCUT2D eigenvalue weighted by Gasteiger charge is -2.16. The molecule has 2 heterocycles. The molecule has 1 aliphatic carbocycles. The first-order valence-corrected chi connectivity index (χ1v) is 9.59. The Labute approximate surface area is 173 Å². The number of aryl methyl sites for hydroxylation is 1. The number of aromatic amines is 1. The molecule has 0 unspecified atom stereocenters. The Hall–Kier alpha value is -3.34. The molecule has 2 aromatic heterocycles. The molecule has 3 atom stereocenters. The number of H-pyrrole nitrogens is 1. The molecule has 1 saturated carbocycles. The number of rotatable bonds is 8. The summed E-state index contributed by atoms with van der Waals surface area (Å²) in [6.07, 6.45) is 7.96. The number of amides is 2. The van der Waals surface area contributed by atoms with Crippen LogP contribution in [0.2, 0.25) is 0 Å². The molecule has 1 aliphatic rings. The molecule has 0 saturated heterocycles. The van der Waals surface area contributed by atoms with Gasteiger partial charge in [0.2, 0.25) is 11.8 Å². The summed E-state index contributed by atoms with van der Waals surface area (Å²) in [5.41, 5.74) is 1.70. The van der Waals surface area contributed by atoms with Gasteiger partial charge in [0.25, 0.3) is 6.47 Å². The third kappa shape index (κ3) is 7.59. The van der Waals surface area contributed by atoms with Gasteiger partial charge in [0.1, 0.15) is 0 Å². The highest BCUT2D eigenvalue weighted by molar-refractivity contribution is 5.80. The van der Waals surface area contributed by atoms with Gasteiger partial charge in [-0.05, 0) is 25.3 Å². The van der Waals surface area contributed by atoms with Crippen LogP contribution >= 0.6 is 0 Å². The third-order valence-electron chi connectivity index (χ3n) is 4.72. The van der Waals surface area contributed by atoms with E-state index in [1.54, 1.807) is 24.8 Å². The fourth-order valence-electron chi connectivity index (χ4n) is 3.25. The summed E-state index contributed by atoms with van der Waals surface area (Å²) in [7, 11) is 0. The van der Waals surface area contributed by atoms with E-state index < -0.39 is 12.1 Å². The Bertz CT molecular complexity index is 786. The second kappa shape index (κ2) is 12.3. The van der Waals surface area contributed by atoms with Crippen molar-refractivity contribution in [2.45, 2.75) is 44.2 Å². The highest BCUT2D eigenvalue weighted by Crippen LogP contribution is 2.26. The maximum atomic E-state index is 12.3. The minimum atomic E-state index is -0.714. The number of aromatic nitrogens is 4. The van der Waals surface area contributed by atoms with E-state index in [9.17, 15) is 14.7 Å². The van der Waals surface area contributed by atoms with E-state index in [4.69, 9.17) is 9.90 Å². The van der Waals surface area contributed by atoms with Crippen LogP contribution in [0.3, 0.4) is 0 Å². The molecule has 1 fully saturated rings. The smallest absolute Gasteiger partial charge is 0.290 e. The molecular formula is C19H26N6O5. The van der Waals surface area contributed by atoms with Crippen molar-refractivity contribution in [3.63, 3.8) is 0 Å². The average Bonchev–Trinajstić information content (AvgIpc) is 3.38. The van der Waals surface area contributed by atoms with Crippen LogP contribution in [0.1, 0.15) is 30.7 Å². The van der Waals surface area contributed by atoms with Gasteiger partial charge in [-0.1, -0.05) is 0 Å². The molecule has 11 nitrogen and oxygen atoms in total. The number of hydrogen-bond donors (Lipinski definition) is 5. The minimum absolute atomic E-state index is 0.0927. The first-order valence-electron chi connectivity index (χ1n) is 9.59. The molecule has 2 amide bonds. The summed E-state index contributed by atoms with van der Waals surface area (Å²) in [6, 6.07) is 1.46. The van der Waals surface area contributed by atoms with Crippen LogP contribution in [-0.4, -0.2) is 67.4 Å². The summed E-state index contributed by atoms with van der Waals surface area (Å²) >= 11 is 0. The first-order chi connectivity index (χ1) is 14.5. The van der Waals surface area contributed by atoms with E-state index in [2.05, 4.69) is 30.8 Å². The summed E-state index contributed by atoms with van der Waals surface area (Å²) in [6.45, 7) is 0.253. The molecule has 30 heavy (non-hydrogen) atoms. The monoisotopic (exact) mass is 418 g/mol. The minimum Gasteiger partial charge on any atom is -0.483 e. The number of carboxylic acid groups (broad SMARTS) is 1. The molecule has 0 aliphatic heterocycles. The van der Waals surface area contributed by atoms with Crippen LogP contribution in [0.4, 0.5) is 0 Å². The lowest BCUT2D eigenvalue weighted by Crippen LogP contribution is -2.40. The number of nitrogens with one attached hydrogen (secondary N) is 3. The zero-order chi connectivity index (χ0) is 21.8. The van der Waals surface area contributed by atoms with E-state index >= 15 is 0 Å². The molecule has 5 N–H and O–H groups in total. The van der Waals surface area contributed by atoms with Gasteiger partial charge >= 0.3 is 0 Å². The van der Waals surface area contributed by atoms with Crippen LogP contribution < -0.4 is 10.6 Å². The van der Waals surface area contributed by atoms with Gasteiger partial charge < -0.3 is 20.8 Å². The molecule has 0 spiro atoms. The number of carbonyl (C=O) groups is 3. The molecule has 162 valence electrons. The molecule has 0 bridgehead atoms. The standard InChI is InChI=1S/C18H24N6O3.CH2O2/c25-16-10-12(18(27)21-5-3-13-4-6-22-24-13)9-15(16)23-17(26)2-1-14-11-19-7-8-20-14;2-1-3/h4,6-8,11-12,15-16,25H,1-3,5,9-10H2,(H,21,27)(H,22,24)(H,23,26);1H,(H,2,3)/t12-,15+,16+;/m0./s1. The van der Waals surface area contributed by atoms with Crippen molar-refractivity contribution >= 4 is 18.3 Å². The van der Waals surface area contributed by atoms with Crippen molar-refractivity contribution in [1.29, 1.82) is 0 Å². The SMILES string of the molecule is O=C(CCc1cnccn1)N[C@@H]1C[C@H](C(=O)NCCc2ccn[nH]2)C[C@H]1O.O=CO. The maximum absolute atomic E-state index is 12.3. The van der Waals surface area contributed by atoms with Gasteiger partial charge in [-0.3, -0.25) is 29.5 Å². The summed E-state index contributed by atoms with van der Waals surface area (Å²) < 4.78 is 0. The van der Waals surface area contributed by atoms with E-state index in [1.165, 1.54) is 0 Å². The third-order valence-corrected chi connectivity index (χ3v) is 4.72. The lowest BCUT2D eigenvalue weighted by atomic mass is 10.1. The fourth-order valence-corrected chi connectivity index (χ4v) is 3.25. The topological polar surface area (TPSA) is 170 Å². The van der Waals surface area contributed by atoms with Gasteiger partial charge in [-0.2, -0.15) is 5.10 Å². The Morgan fingerprint density at radius 1 is 1.23 bits per heavy atom. The highest BCUT2D eigenvalue weighted by Gasteiger charge is 2.37. The molecule has 11 heteroatoms. The number of hydrogen-bond acceptors (Lipinski definition) is 7. The van der Waals surface area contributed by atoms with Crippen LogP contribution in [0.5, 0.6) is 0 Å². The van der Waals surface area contributed by atoms with E-state index in [0.717, 1.165) is 11.4 Å². The van der Waals surface area contributed by atoms with Crippen LogP contribution in [0.15, 0.2) is 30.9 Å². The fraction of sp³-hybridized carbons (Fsp3) is 0.474. The van der Waals surface area contributed by atoms with Gasteiger partial charge in [0, 0.05) is 55.8 Å². The largest absolute Gasteiger partial charge is 0.483 e. The zero-order valence-corrected chi connectivity index (χ0v) is 16.4.